The third-order valence-corrected chi connectivity index (χ3v) is 0.502. The highest BCUT2D eigenvalue weighted by Gasteiger charge is 1.82. The van der Waals surface area contributed by atoms with Gasteiger partial charge in [-0.05, 0) is 21.4 Å². The fourth-order valence-corrected chi connectivity index (χ4v) is 0.194. The summed E-state index contributed by atoms with van der Waals surface area (Å²) in [6, 6.07) is 0. The van der Waals surface area contributed by atoms with Crippen LogP contribution in [0.1, 0.15) is 0 Å². The lowest BCUT2D eigenvalue weighted by Crippen LogP contribution is -1.89. The maximum atomic E-state index is 7.42. The van der Waals surface area contributed by atoms with E-state index in [1.165, 1.54) is 0 Å². The van der Waals surface area contributed by atoms with Crippen molar-refractivity contribution in [3.05, 3.63) is 0 Å². The molecule has 1 atom stereocenters. The molecular formula is C2H6O5S. The van der Waals surface area contributed by atoms with Gasteiger partial charge in [0.1, 0.15) is 0 Å². The molecule has 0 aromatic carbocycles. The minimum absolute atomic E-state index is 1.15. The van der Waals surface area contributed by atoms with Crippen LogP contribution in [-0.4, -0.2) is 11.5 Å². The zero-order valence-electron chi connectivity index (χ0n) is 4.10. The second kappa shape index (κ2) is 5.07. The first-order valence-corrected chi connectivity index (χ1v) is 3.35. The summed E-state index contributed by atoms with van der Waals surface area (Å²) in [5.41, 5.74) is 5.03. The van der Waals surface area contributed by atoms with Crippen LogP contribution < -0.4 is 0 Å². The van der Waals surface area contributed by atoms with Gasteiger partial charge in [0.15, 0.2) is 0 Å². The maximum absolute atomic E-state index is 7.42. The molecule has 0 aliphatic heterocycles. The Morgan fingerprint density at radius 2 is 2.12 bits per heavy atom. The molecule has 0 fully saturated rings. The summed E-state index contributed by atoms with van der Waals surface area (Å²) >= 11 is 0. The van der Waals surface area contributed by atoms with Gasteiger partial charge in [0.25, 0.3) is 0 Å². The predicted molar refractivity (Wildman–Crippen MR) is 26.8 cm³/mol. The average molecular weight is 142 g/mol. The van der Waals surface area contributed by atoms with E-state index in [9.17, 15) is 0 Å². The van der Waals surface area contributed by atoms with Gasteiger partial charge < -0.3 is 0 Å². The number of thiol groups is 1. The third-order valence-electron chi connectivity index (χ3n) is 0.206. The maximum Gasteiger partial charge on any atom is -0.00251 e. The summed E-state index contributed by atoms with van der Waals surface area (Å²) in [5.74, 6) is 0. The normalized spacial score (nSPS) is 13.6. The molecule has 1 N–H and O–H groups in total. The zero-order valence-corrected chi connectivity index (χ0v) is 5.00. The fourth-order valence-electron chi connectivity index (χ4n) is 0.0728. The monoisotopic (exact) mass is 142 g/mol. The average Bonchev–Trinajstić information content (AvgIpc) is 1.66. The third kappa shape index (κ3) is 5.93. The molecule has 6 heteroatoms. The van der Waals surface area contributed by atoms with Crippen molar-refractivity contribution in [1.29, 1.82) is 0 Å². The fraction of sp³-hybridized carbons (Fsp3) is 0.500. The Labute approximate surface area is 48.2 Å². The summed E-state index contributed by atoms with van der Waals surface area (Å²) in [5, 5.41) is 17.5. The first kappa shape index (κ1) is 7.93. The van der Waals surface area contributed by atoms with Gasteiger partial charge in [-0.2, -0.15) is 0 Å². The molecule has 50 valence electrons. The van der Waals surface area contributed by atoms with Crippen LogP contribution in [0.15, 0.2) is 0 Å². The van der Waals surface area contributed by atoms with Crippen molar-refractivity contribution in [2.24, 2.45) is 0 Å². The van der Waals surface area contributed by atoms with Crippen LogP contribution in [0.3, 0.4) is 0 Å². The standard InChI is InChI=1S/C2H6O5S/c1-8(2)7-6-5-4-3/h1,3,8H,2H3. The van der Waals surface area contributed by atoms with E-state index in [0.717, 1.165) is 0 Å². The van der Waals surface area contributed by atoms with Gasteiger partial charge in [-0.3, -0.25) is 0 Å². The molecule has 5 nitrogen and oxygen atoms in total. The SMILES string of the molecule is C#[SH](C)OOOOO. The van der Waals surface area contributed by atoms with Crippen LogP contribution in [0.5, 0.6) is 0 Å². The van der Waals surface area contributed by atoms with E-state index in [2.05, 4.69) is 19.4 Å². The molecule has 8 heavy (non-hydrogen) atoms. The quantitative estimate of drug-likeness (QED) is 0.258. The van der Waals surface area contributed by atoms with Gasteiger partial charge in [0.05, 0.1) is 0 Å². The topological polar surface area (TPSA) is 57.2 Å². The van der Waals surface area contributed by atoms with Crippen LogP contribution in [0, 0.1) is 5.69 Å². The van der Waals surface area contributed by atoms with Crippen molar-refractivity contribution in [3.63, 3.8) is 0 Å². The van der Waals surface area contributed by atoms with Crippen LogP contribution in [0.25, 0.3) is 0 Å². The first-order chi connectivity index (χ1) is 3.77. The Balaban J connectivity index is 2.86. The van der Waals surface area contributed by atoms with Crippen LogP contribution in [-0.2, 0) is 19.4 Å². The summed E-state index contributed by atoms with van der Waals surface area (Å²) < 4.78 is 4.12. The van der Waals surface area contributed by atoms with Crippen LogP contribution in [0.2, 0.25) is 0 Å². The Morgan fingerprint density at radius 3 is 2.50 bits per heavy atom. The van der Waals surface area contributed by atoms with Gasteiger partial charge in [0.2, 0.25) is 0 Å². The predicted octanol–water partition coefficient (Wildman–Crippen LogP) is 0.406. The molecule has 0 aromatic rings. The highest BCUT2D eigenvalue weighted by atomic mass is 32.2. The van der Waals surface area contributed by atoms with E-state index in [0.29, 0.717) is 0 Å². The molecular weight excluding hydrogens is 136 g/mol. The van der Waals surface area contributed by atoms with E-state index in [1.54, 1.807) is 6.26 Å². The van der Waals surface area contributed by atoms with E-state index < -0.39 is 10.6 Å². The van der Waals surface area contributed by atoms with Crippen molar-refractivity contribution in [1.82, 2.24) is 0 Å². The minimum atomic E-state index is -1.15. The van der Waals surface area contributed by atoms with Crippen LogP contribution >= 0.6 is 10.6 Å². The Bertz CT molecular complexity index is 103. The molecule has 0 aromatic heterocycles. The summed E-state index contributed by atoms with van der Waals surface area (Å²) in [6.07, 6.45) is 1.57. The lowest BCUT2D eigenvalue weighted by atomic mass is 11.9. The van der Waals surface area contributed by atoms with E-state index in [-0.39, 0.29) is 0 Å². The van der Waals surface area contributed by atoms with E-state index in [1.807, 2.05) is 0 Å². The molecule has 0 saturated carbocycles. The first-order valence-electron chi connectivity index (χ1n) is 1.57. The van der Waals surface area contributed by atoms with Gasteiger partial charge in [-0.25, -0.2) is 5.26 Å². The smallest absolute Gasteiger partial charge is 0.00251 e. The molecule has 0 aliphatic rings. The molecule has 0 spiro atoms. The van der Waals surface area contributed by atoms with Gasteiger partial charge in [-0.15, -0.1) is 10.0 Å². The molecule has 0 amide bonds. The summed E-state index contributed by atoms with van der Waals surface area (Å²) in [4.78, 5) is 0. The number of hydrogen-bond acceptors (Lipinski definition) is 5. The molecule has 0 heterocycles. The second-order valence-corrected chi connectivity index (χ2v) is 2.07. The van der Waals surface area contributed by atoms with E-state index >= 15 is 0 Å². The number of rotatable bonds is 3. The van der Waals surface area contributed by atoms with Crippen molar-refractivity contribution >= 4 is 10.6 Å². The highest BCUT2D eigenvalue weighted by molar-refractivity contribution is 8.01. The lowest BCUT2D eigenvalue weighted by Gasteiger charge is -1.94. The molecule has 0 rings (SSSR count). The van der Waals surface area contributed by atoms with Gasteiger partial charge in [-0.1, -0.05) is 10.6 Å². The Morgan fingerprint density at radius 1 is 1.50 bits per heavy atom. The molecule has 0 saturated heterocycles. The molecule has 1 unspecified atom stereocenters. The van der Waals surface area contributed by atoms with Crippen molar-refractivity contribution < 1.29 is 24.7 Å². The van der Waals surface area contributed by atoms with Crippen molar-refractivity contribution in [2.45, 2.75) is 0 Å². The second-order valence-electron chi connectivity index (χ2n) is 0.831. The highest BCUT2D eigenvalue weighted by Crippen LogP contribution is 2.01. The number of hydrogen-bond donors (Lipinski definition) is 2. The summed E-state index contributed by atoms with van der Waals surface area (Å²) in [7, 11) is -1.15. The largest absolute Gasteiger partial charge is 0.219 e. The molecule has 0 aliphatic carbocycles. The van der Waals surface area contributed by atoms with Crippen LogP contribution in [0.4, 0.5) is 0 Å². The zero-order chi connectivity index (χ0) is 6.41. The Hall–Kier alpha value is -0.0700. The molecule has 0 radical (unpaired) electrons. The Kier molecular flexibility index (Phi) is 5.03. The van der Waals surface area contributed by atoms with Gasteiger partial charge >= 0.3 is 0 Å². The van der Waals surface area contributed by atoms with E-state index in [4.69, 9.17) is 10.9 Å². The summed E-state index contributed by atoms with van der Waals surface area (Å²) in [6.45, 7) is 0. The van der Waals surface area contributed by atoms with Crippen molar-refractivity contribution in [3.8, 4) is 5.69 Å². The minimum Gasteiger partial charge on any atom is -0.219 e. The lowest BCUT2D eigenvalue weighted by molar-refractivity contribution is -0.682. The van der Waals surface area contributed by atoms with Crippen molar-refractivity contribution in [2.75, 3.05) is 6.26 Å². The molecule has 0 bridgehead atoms. The van der Waals surface area contributed by atoms with Gasteiger partial charge in [0, 0.05) is 0 Å².